The molecule has 0 heterocycles. The Bertz CT molecular complexity index is 512. The van der Waals surface area contributed by atoms with E-state index in [1.807, 2.05) is 0 Å². The zero-order valence-corrected chi connectivity index (χ0v) is 12.7. The second kappa shape index (κ2) is 6.89. The van der Waals surface area contributed by atoms with Gasteiger partial charge in [-0.05, 0) is 55.5 Å². The predicted molar refractivity (Wildman–Crippen MR) is 81.8 cm³/mol. The molecule has 21 heavy (non-hydrogen) atoms. The molecule has 1 aliphatic rings. The summed E-state index contributed by atoms with van der Waals surface area (Å²) in [6, 6.07) is 5.23. The summed E-state index contributed by atoms with van der Waals surface area (Å²) in [5.41, 5.74) is 6.84. The van der Waals surface area contributed by atoms with E-state index in [2.05, 4.69) is 23.9 Å². The van der Waals surface area contributed by atoms with Crippen molar-refractivity contribution in [3.8, 4) is 0 Å². The third kappa shape index (κ3) is 4.70. The van der Waals surface area contributed by atoms with Crippen molar-refractivity contribution < 1.29 is 9.60 Å². The average molecular weight is 293 g/mol. The van der Waals surface area contributed by atoms with Gasteiger partial charge in [-0.15, -0.1) is 0 Å². The molecule has 0 radical (unpaired) electrons. The zero-order chi connectivity index (χ0) is 15.4. The lowest BCUT2D eigenvalue weighted by Crippen LogP contribution is -2.28. The number of benzene rings is 1. The highest BCUT2D eigenvalue weighted by Crippen LogP contribution is 2.29. The fourth-order valence-corrected chi connectivity index (χ4v) is 2.44. The van der Waals surface area contributed by atoms with Crippen LogP contribution in [0.4, 0.5) is 4.39 Å². The van der Waals surface area contributed by atoms with E-state index in [0.717, 1.165) is 18.5 Å². The van der Waals surface area contributed by atoms with E-state index in [1.54, 1.807) is 6.07 Å². The van der Waals surface area contributed by atoms with Gasteiger partial charge in [0.2, 0.25) is 0 Å². The fraction of sp³-hybridized carbons (Fsp3) is 0.562. The fourth-order valence-electron chi connectivity index (χ4n) is 2.44. The van der Waals surface area contributed by atoms with Crippen molar-refractivity contribution in [2.45, 2.75) is 45.7 Å². The summed E-state index contributed by atoms with van der Waals surface area (Å²) >= 11 is 0. The number of hydrogen-bond acceptors (Lipinski definition) is 3. The van der Waals surface area contributed by atoms with Crippen molar-refractivity contribution in [1.82, 2.24) is 4.90 Å². The minimum atomic E-state index is -0.353. The van der Waals surface area contributed by atoms with Crippen LogP contribution < -0.4 is 5.73 Å². The van der Waals surface area contributed by atoms with E-state index < -0.39 is 0 Å². The molecule has 1 aliphatic carbocycles. The first-order valence-electron chi connectivity index (χ1n) is 7.51. The molecule has 1 aromatic carbocycles. The number of oxime groups is 1. The summed E-state index contributed by atoms with van der Waals surface area (Å²) in [7, 11) is 0. The molecule has 0 spiro atoms. The summed E-state index contributed by atoms with van der Waals surface area (Å²) in [6.07, 6.45) is 3.58. The molecule has 116 valence electrons. The molecule has 1 saturated carbocycles. The maximum atomic E-state index is 13.7. The largest absolute Gasteiger partial charge is 0.409 e. The maximum absolute atomic E-state index is 13.7. The van der Waals surface area contributed by atoms with Gasteiger partial charge < -0.3 is 10.9 Å². The van der Waals surface area contributed by atoms with Crippen molar-refractivity contribution in [2.75, 3.05) is 6.54 Å². The summed E-state index contributed by atoms with van der Waals surface area (Å²) < 4.78 is 13.7. The molecule has 5 heteroatoms. The van der Waals surface area contributed by atoms with Gasteiger partial charge in [0.25, 0.3) is 0 Å². The summed E-state index contributed by atoms with van der Waals surface area (Å²) in [4.78, 5) is 2.41. The monoisotopic (exact) mass is 293 g/mol. The third-order valence-electron chi connectivity index (χ3n) is 3.80. The predicted octanol–water partition coefficient (Wildman–Crippen LogP) is 2.93. The van der Waals surface area contributed by atoms with Gasteiger partial charge in [0.1, 0.15) is 5.82 Å². The highest BCUT2D eigenvalue weighted by atomic mass is 19.1. The number of rotatable bonds is 7. The van der Waals surface area contributed by atoms with Crippen molar-refractivity contribution in [3.63, 3.8) is 0 Å². The maximum Gasteiger partial charge on any atom is 0.170 e. The Morgan fingerprint density at radius 3 is 2.71 bits per heavy atom. The highest BCUT2D eigenvalue weighted by molar-refractivity contribution is 5.97. The Kier molecular flexibility index (Phi) is 5.17. The van der Waals surface area contributed by atoms with Crippen molar-refractivity contribution >= 4 is 5.84 Å². The summed E-state index contributed by atoms with van der Waals surface area (Å²) in [5, 5.41) is 11.7. The molecular weight excluding hydrogens is 269 g/mol. The Morgan fingerprint density at radius 2 is 2.14 bits per heavy atom. The van der Waals surface area contributed by atoms with E-state index in [1.165, 1.54) is 25.0 Å². The SMILES string of the molecule is CC(C)CCN(Cc1cc(F)cc(/C(N)=N/O)c1)C1CC1. The molecule has 2 rings (SSSR count). The number of nitrogens with two attached hydrogens (primary N) is 1. The minimum absolute atomic E-state index is 0.0593. The first-order valence-corrected chi connectivity index (χ1v) is 7.51. The number of amidine groups is 1. The second-order valence-electron chi connectivity index (χ2n) is 6.22. The average Bonchev–Trinajstić information content (AvgIpc) is 3.26. The molecule has 0 atom stereocenters. The molecular formula is C16H24FN3O. The standard InChI is InChI=1S/C16H24FN3O/c1-11(2)5-6-20(15-3-4-15)10-12-7-13(16(18)19-21)9-14(17)8-12/h7-9,11,15,21H,3-6,10H2,1-2H3,(H2,18,19). The van der Waals surface area contributed by atoms with Gasteiger partial charge in [0.15, 0.2) is 5.84 Å². The summed E-state index contributed by atoms with van der Waals surface area (Å²) in [6.45, 7) is 6.16. The van der Waals surface area contributed by atoms with Gasteiger partial charge in [-0.25, -0.2) is 4.39 Å². The van der Waals surface area contributed by atoms with Gasteiger partial charge in [-0.2, -0.15) is 0 Å². The van der Waals surface area contributed by atoms with Gasteiger partial charge in [0, 0.05) is 18.2 Å². The molecule has 0 aliphatic heterocycles. The first kappa shape index (κ1) is 15.8. The van der Waals surface area contributed by atoms with Crippen LogP contribution in [0.1, 0.15) is 44.2 Å². The van der Waals surface area contributed by atoms with Crippen molar-refractivity contribution in [1.29, 1.82) is 0 Å². The van der Waals surface area contributed by atoms with Gasteiger partial charge in [-0.3, -0.25) is 4.90 Å². The van der Waals surface area contributed by atoms with Gasteiger partial charge >= 0.3 is 0 Å². The second-order valence-corrected chi connectivity index (χ2v) is 6.22. The van der Waals surface area contributed by atoms with Crippen LogP contribution in [0.3, 0.4) is 0 Å². The van der Waals surface area contributed by atoms with E-state index >= 15 is 0 Å². The Morgan fingerprint density at radius 1 is 1.43 bits per heavy atom. The molecule has 1 fully saturated rings. The summed E-state index contributed by atoms with van der Waals surface area (Å²) in [5.74, 6) is 0.246. The van der Waals surface area contributed by atoms with E-state index in [4.69, 9.17) is 10.9 Å². The molecule has 0 unspecified atom stereocenters. The quantitative estimate of drug-likeness (QED) is 0.352. The van der Waals surface area contributed by atoms with Crippen LogP contribution in [-0.4, -0.2) is 28.5 Å². The van der Waals surface area contributed by atoms with Crippen LogP contribution >= 0.6 is 0 Å². The molecule has 0 saturated heterocycles. The van der Waals surface area contributed by atoms with E-state index in [-0.39, 0.29) is 11.7 Å². The van der Waals surface area contributed by atoms with E-state index in [9.17, 15) is 4.39 Å². The molecule has 0 amide bonds. The van der Waals surface area contributed by atoms with Crippen LogP contribution in [0, 0.1) is 11.7 Å². The zero-order valence-electron chi connectivity index (χ0n) is 12.7. The normalized spacial score (nSPS) is 16.0. The lowest BCUT2D eigenvalue weighted by Gasteiger charge is -2.23. The number of hydrogen-bond donors (Lipinski definition) is 2. The van der Waals surface area contributed by atoms with Crippen LogP contribution in [0.25, 0.3) is 0 Å². The van der Waals surface area contributed by atoms with Gasteiger partial charge in [-0.1, -0.05) is 19.0 Å². The Balaban J connectivity index is 2.10. The number of nitrogens with zero attached hydrogens (tertiary/aromatic N) is 2. The smallest absolute Gasteiger partial charge is 0.170 e. The molecule has 1 aromatic rings. The highest BCUT2D eigenvalue weighted by Gasteiger charge is 2.28. The van der Waals surface area contributed by atoms with Crippen molar-refractivity contribution in [2.24, 2.45) is 16.8 Å². The lowest BCUT2D eigenvalue weighted by atomic mass is 10.1. The lowest BCUT2D eigenvalue weighted by molar-refractivity contribution is 0.239. The van der Waals surface area contributed by atoms with Crippen LogP contribution in [0.2, 0.25) is 0 Å². The van der Waals surface area contributed by atoms with Crippen LogP contribution in [0.5, 0.6) is 0 Å². The Hall–Kier alpha value is -1.62. The van der Waals surface area contributed by atoms with Gasteiger partial charge in [0.05, 0.1) is 0 Å². The van der Waals surface area contributed by atoms with Crippen LogP contribution in [-0.2, 0) is 6.54 Å². The molecule has 0 aromatic heterocycles. The topological polar surface area (TPSA) is 61.8 Å². The Labute approximate surface area is 125 Å². The first-order chi connectivity index (χ1) is 9.99. The van der Waals surface area contributed by atoms with Crippen LogP contribution in [0.15, 0.2) is 23.4 Å². The molecule has 0 bridgehead atoms. The molecule has 4 nitrogen and oxygen atoms in total. The third-order valence-corrected chi connectivity index (χ3v) is 3.80. The number of halogens is 1. The minimum Gasteiger partial charge on any atom is -0.409 e. The van der Waals surface area contributed by atoms with Crippen molar-refractivity contribution in [3.05, 3.63) is 35.1 Å². The molecule has 3 N–H and O–H groups in total. The van der Waals surface area contributed by atoms with E-state index in [0.29, 0.717) is 24.1 Å².